The highest BCUT2D eigenvalue weighted by molar-refractivity contribution is 5.78. The lowest BCUT2D eigenvalue weighted by molar-refractivity contribution is -0.122. The maximum Gasteiger partial charge on any atom is 0.317 e. The van der Waals surface area contributed by atoms with Crippen LogP contribution >= 0.6 is 0 Å². The number of rotatable bonds is 3. The Bertz CT molecular complexity index is 294. The molecule has 3 amide bonds. The molecule has 3 N–H and O–H groups in total. The van der Waals surface area contributed by atoms with Crippen LogP contribution in [0.25, 0.3) is 0 Å². The van der Waals surface area contributed by atoms with Gasteiger partial charge in [0.15, 0.2) is 0 Å². The van der Waals surface area contributed by atoms with Crippen LogP contribution in [0.15, 0.2) is 0 Å². The Morgan fingerprint density at radius 1 is 1.15 bits per heavy atom. The van der Waals surface area contributed by atoms with E-state index in [1.54, 1.807) is 4.90 Å². The molecule has 0 bridgehead atoms. The maximum atomic E-state index is 11.7. The smallest absolute Gasteiger partial charge is 0.317 e. The molecule has 1 aliphatic heterocycles. The lowest BCUT2D eigenvalue weighted by atomic mass is 10.1. The summed E-state index contributed by atoms with van der Waals surface area (Å²) in [5.74, 6) is -0.0388. The fraction of sp³-hybridized carbons (Fsp3) is 0.857. The van der Waals surface area contributed by atoms with Gasteiger partial charge in [0.1, 0.15) is 0 Å². The summed E-state index contributed by atoms with van der Waals surface area (Å²) in [4.78, 5) is 25.0. The van der Waals surface area contributed by atoms with Gasteiger partial charge >= 0.3 is 6.03 Å². The summed E-state index contributed by atoms with van der Waals surface area (Å²) in [6.45, 7) is 13.3. The minimum absolute atomic E-state index is 0.0388. The van der Waals surface area contributed by atoms with E-state index in [2.05, 4.69) is 16.0 Å². The van der Waals surface area contributed by atoms with Crippen molar-refractivity contribution < 1.29 is 9.59 Å². The molecule has 118 valence electrons. The van der Waals surface area contributed by atoms with Crippen LogP contribution < -0.4 is 16.0 Å². The topological polar surface area (TPSA) is 73.5 Å². The van der Waals surface area contributed by atoms with Crippen LogP contribution in [0.4, 0.5) is 4.79 Å². The fourth-order valence-electron chi connectivity index (χ4n) is 1.74. The van der Waals surface area contributed by atoms with E-state index in [4.69, 9.17) is 0 Å². The van der Waals surface area contributed by atoms with Crippen LogP contribution in [-0.2, 0) is 4.79 Å². The Kier molecular flexibility index (Phi) is 8.96. The van der Waals surface area contributed by atoms with Crippen molar-refractivity contribution in [3.63, 3.8) is 0 Å². The lowest BCUT2D eigenvalue weighted by Crippen LogP contribution is -2.50. The van der Waals surface area contributed by atoms with Crippen molar-refractivity contribution in [3.8, 4) is 0 Å². The molecule has 0 spiro atoms. The van der Waals surface area contributed by atoms with E-state index < -0.39 is 0 Å². The Labute approximate surface area is 122 Å². The molecule has 1 fully saturated rings. The first-order chi connectivity index (χ1) is 9.38. The van der Waals surface area contributed by atoms with Crippen molar-refractivity contribution in [2.45, 2.75) is 46.6 Å². The Balaban J connectivity index is 0.00000172. The van der Waals surface area contributed by atoms with Gasteiger partial charge in [-0.25, -0.2) is 4.79 Å². The summed E-state index contributed by atoms with van der Waals surface area (Å²) in [5.41, 5.74) is -0.223. The number of carbonyl (C=O) groups excluding carboxylic acids is 2. The van der Waals surface area contributed by atoms with E-state index in [0.29, 0.717) is 13.0 Å². The molecule has 1 heterocycles. The van der Waals surface area contributed by atoms with Crippen molar-refractivity contribution in [2.24, 2.45) is 0 Å². The van der Waals surface area contributed by atoms with Gasteiger partial charge in [-0.3, -0.25) is 4.79 Å². The molecule has 0 atom stereocenters. The summed E-state index contributed by atoms with van der Waals surface area (Å²) >= 11 is 0. The van der Waals surface area contributed by atoms with E-state index >= 15 is 0 Å². The maximum absolute atomic E-state index is 11.7. The third-order valence-electron chi connectivity index (χ3n) is 2.55. The molecular formula is C14H30N4O2. The zero-order valence-electron chi connectivity index (χ0n) is 13.5. The second-order valence-electron chi connectivity index (χ2n) is 5.52. The average molecular weight is 286 g/mol. The summed E-state index contributed by atoms with van der Waals surface area (Å²) in [7, 11) is 0. The molecule has 6 heteroatoms. The highest BCUT2D eigenvalue weighted by Crippen LogP contribution is 1.99. The fourth-order valence-corrected chi connectivity index (χ4v) is 1.74. The monoisotopic (exact) mass is 286 g/mol. The van der Waals surface area contributed by atoms with E-state index in [9.17, 15) is 9.59 Å². The van der Waals surface area contributed by atoms with Crippen molar-refractivity contribution in [1.29, 1.82) is 0 Å². The van der Waals surface area contributed by atoms with Crippen LogP contribution in [-0.4, -0.2) is 55.1 Å². The minimum atomic E-state index is -0.223. The first-order valence-electron chi connectivity index (χ1n) is 7.43. The largest absolute Gasteiger partial charge is 0.351 e. The van der Waals surface area contributed by atoms with E-state index in [-0.39, 0.29) is 17.5 Å². The van der Waals surface area contributed by atoms with E-state index in [1.165, 1.54) is 0 Å². The number of nitrogens with zero attached hydrogens (tertiary/aromatic N) is 1. The molecule has 0 radical (unpaired) electrons. The lowest BCUT2D eigenvalue weighted by Gasteiger charge is -2.27. The van der Waals surface area contributed by atoms with Crippen molar-refractivity contribution in [1.82, 2.24) is 20.9 Å². The summed E-state index contributed by atoms with van der Waals surface area (Å²) in [6, 6.07) is -0.0833. The molecule has 0 unspecified atom stereocenters. The van der Waals surface area contributed by atoms with Crippen LogP contribution in [0.3, 0.4) is 0 Å². The third-order valence-corrected chi connectivity index (χ3v) is 2.55. The van der Waals surface area contributed by atoms with Gasteiger partial charge in [0.25, 0.3) is 0 Å². The Morgan fingerprint density at radius 3 is 2.20 bits per heavy atom. The molecule has 0 aromatic rings. The predicted octanol–water partition coefficient (Wildman–Crippen LogP) is 0.932. The van der Waals surface area contributed by atoms with E-state index in [0.717, 1.165) is 26.2 Å². The number of urea groups is 1. The SMILES string of the molecule is CC.CC(C)(C)NC(=O)CCNC(=O)N1CCNCC1. The molecular weight excluding hydrogens is 256 g/mol. The van der Waals surface area contributed by atoms with Gasteiger partial charge < -0.3 is 20.9 Å². The molecule has 6 nitrogen and oxygen atoms in total. The molecule has 1 aliphatic rings. The van der Waals surface area contributed by atoms with Gasteiger partial charge in [-0.1, -0.05) is 13.8 Å². The number of nitrogens with one attached hydrogen (secondary N) is 3. The number of hydrogen-bond acceptors (Lipinski definition) is 3. The second kappa shape index (κ2) is 9.58. The molecule has 20 heavy (non-hydrogen) atoms. The Hall–Kier alpha value is -1.30. The molecule has 1 saturated heterocycles. The summed E-state index contributed by atoms with van der Waals surface area (Å²) in [6.07, 6.45) is 0.315. The first-order valence-corrected chi connectivity index (χ1v) is 7.43. The quantitative estimate of drug-likeness (QED) is 0.722. The third kappa shape index (κ3) is 8.74. The molecule has 0 saturated carbocycles. The highest BCUT2D eigenvalue weighted by atomic mass is 16.2. The second-order valence-corrected chi connectivity index (χ2v) is 5.52. The number of piperazine rings is 1. The van der Waals surface area contributed by atoms with Crippen molar-refractivity contribution in [2.75, 3.05) is 32.7 Å². The first kappa shape index (κ1) is 18.7. The van der Waals surface area contributed by atoms with E-state index in [1.807, 2.05) is 34.6 Å². The van der Waals surface area contributed by atoms with Gasteiger partial charge in [0, 0.05) is 44.7 Å². The van der Waals surface area contributed by atoms with Crippen LogP contribution in [0, 0.1) is 0 Å². The number of amides is 3. The molecule has 1 rings (SSSR count). The summed E-state index contributed by atoms with van der Waals surface area (Å²) < 4.78 is 0. The van der Waals surface area contributed by atoms with Crippen LogP contribution in [0.5, 0.6) is 0 Å². The van der Waals surface area contributed by atoms with Gasteiger partial charge in [0.05, 0.1) is 0 Å². The molecule has 0 aromatic heterocycles. The average Bonchev–Trinajstić information content (AvgIpc) is 2.40. The van der Waals surface area contributed by atoms with Crippen LogP contribution in [0.1, 0.15) is 41.0 Å². The van der Waals surface area contributed by atoms with Crippen molar-refractivity contribution in [3.05, 3.63) is 0 Å². The zero-order chi connectivity index (χ0) is 15.6. The number of carbonyl (C=O) groups is 2. The van der Waals surface area contributed by atoms with Gasteiger partial charge in [0.2, 0.25) is 5.91 Å². The predicted molar refractivity (Wildman–Crippen MR) is 81.7 cm³/mol. The molecule has 0 aromatic carbocycles. The van der Waals surface area contributed by atoms with Gasteiger partial charge in [-0.15, -0.1) is 0 Å². The standard InChI is InChI=1S/C12H24N4O2.C2H6/c1-12(2,3)15-10(17)4-5-14-11(18)16-8-6-13-7-9-16;1-2/h13H,4-9H2,1-3H3,(H,14,18)(H,15,17);1-2H3. The molecule has 0 aliphatic carbocycles. The zero-order valence-corrected chi connectivity index (χ0v) is 13.5. The Morgan fingerprint density at radius 2 is 1.70 bits per heavy atom. The number of hydrogen-bond donors (Lipinski definition) is 3. The minimum Gasteiger partial charge on any atom is -0.351 e. The van der Waals surface area contributed by atoms with Crippen molar-refractivity contribution >= 4 is 11.9 Å². The van der Waals surface area contributed by atoms with Gasteiger partial charge in [-0.05, 0) is 20.8 Å². The van der Waals surface area contributed by atoms with Crippen LogP contribution in [0.2, 0.25) is 0 Å². The normalized spacial score (nSPS) is 14.9. The van der Waals surface area contributed by atoms with Gasteiger partial charge in [-0.2, -0.15) is 0 Å². The summed E-state index contributed by atoms with van der Waals surface area (Å²) in [5, 5.41) is 8.81. The highest BCUT2D eigenvalue weighted by Gasteiger charge is 2.17.